The Bertz CT molecular complexity index is 532. The zero-order valence-corrected chi connectivity index (χ0v) is 17.3. The lowest BCUT2D eigenvalue weighted by molar-refractivity contribution is 0.0900. The van der Waals surface area contributed by atoms with Crippen molar-refractivity contribution >= 4 is 17.3 Å². The number of hydrogen-bond acceptors (Lipinski definition) is 4. The molecule has 0 bridgehead atoms. The van der Waals surface area contributed by atoms with Crippen LogP contribution in [0.2, 0.25) is 0 Å². The van der Waals surface area contributed by atoms with E-state index in [0.29, 0.717) is 12.0 Å². The van der Waals surface area contributed by atoms with Crippen LogP contribution in [0.3, 0.4) is 0 Å². The predicted octanol–water partition coefficient (Wildman–Crippen LogP) is 2.38. The van der Waals surface area contributed by atoms with Crippen LogP contribution in [0.5, 0.6) is 0 Å². The minimum Gasteiger partial charge on any atom is -0.357 e. The van der Waals surface area contributed by atoms with Gasteiger partial charge in [-0.05, 0) is 38.9 Å². The Balaban J connectivity index is 1.92. The number of rotatable bonds is 7. The Labute approximate surface area is 157 Å². The van der Waals surface area contributed by atoms with Crippen molar-refractivity contribution < 1.29 is 0 Å². The number of hydrogen-bond donors (Lipinski definition) is 2. The molecule has 25 heavy (non-hydrogen) atoms. The first-order valence-electron chi connectivity index (χ1n) is 9.49. The summed E-state index contributed by atoms with van der Waals surface area (Å²) in [6.07, 6.45) is 0. The minimum atomic E-state index is 0.543. The van der Waals surface area contributed by atoms with E-state index in [-0.39, 0.29) is 0 Å². The highest BCUT2D eigenvalue weighted by Gasteiger charge is 2.25. The van der Waals surface area contributed by atoms with Crippen LogP contribution in [0.1, 0.15) is 30.5 Å². The van der Waals surface area contributed by atoms with E-state index in [9.17, 15) is 0 Å². The molecular weight excluding hydrogens is 330 g/mol. The van der Waals surface area contributed by atoms with Gasteiger partial charge in [0.05, 0.1) is 6.54 Å². The third-order valence-corrected chi connectivity index (χ3v) is 5.77. The maximum atomic E-state index is 4.76. The van der Waals surface area contributed by atoms with Gasteiger partial charge in [-0.3, -0.25) is 4.90 Å². The monoisotopic (exact) mass is 365 g/mol. The fourth-order valence-electron chi connectivity index (χ4n) is 3.21. The molecule has 2 rings (SSSR count). The number of piperazine rings is 1. The van der Waals surface area contributed by atoms with Crippen molar-refractivity contribution in [1.82, 2.24) is 20.4 Å². The van der Waals surface area contributed by atoms with Crippen LogP contribution in [0.15, 0.2) is 17.1 Å². The molecule has 6 heteroatoms. The molecule has 1 aromatic rings. The lowest BCUT2D eigenvalue weighted by Crippen LogP contribution is -2.55. The zero-order valence-electron chi connectivity index (χ0n) is 16.5. The zero-order chi connectivity index (χ0) is 18.2. The van der Waals surface area contributed by atoms with E-state index in [4.69, 9.17) is 4.99 Å². The molecule has 1 saturated heterocycles. The van der Waals surface area contributed by atoms with Gasteiger partial charge in [-0.15, -0.1) is 11.3 Å². The third kappa shape index (κ3) is 6.60. The van der Waals surface area contributed by atoms with Crippen LogP contribution in [-0.4, -0.2) is 68.1 Å². The first-order chi connectivity index (χ1) is 12.0. The van der Waals surface area contributed by atoms with Crippen molar-refractivity contribution in [1.29, 1.82) is 0 Å². The summed E-state index contributed by atoms with van der Waals surface area (Å²) in [7, 11) is 2.21. The topological polar surface area (TPSA) is 42.9 Å². The van der Waals surface area contributed by atoms with Gasteiger partial charge in [0.1, 0.15) is 0 Å². The molecule has 1 aliphatic heterocycles. The Morgan fingerprint density at radius 1 is 1.20 bits per heavy atom. The standard InChI is InChI=1S/C19H35N5S/c1-6-20-19(21-13-17-8-7-16(4)25-17)22-14-18(15(2)3)24-11-9-23(5)10-12-24/h7-8,15,18H,6,9-14H2,1-5H3,(H2,20,21,22). The summed E-state index contributed by atoms with van der Waals surface area (Å²) in [6, 6.07) is 4.88. The van der Waals surface area contributed by atoms with Gasteiger partial charge in [0.25, 0.3) is 0 Å². The molecule has 2 N–H and O–H groups in total. The molecule has 1 fully saturated rings. The largest absolute Gasteiger partial charge is 0.357 e. The Morgan fingerprint density at radius 2 is 1.92 bits per heavy atom. The molecule has 0 aliphatic carbocycles. The van der Waals surface area contributed by atoms with Crippen LogP contribution in [0, 0.1) is 12.8 Å². The molecule has 1 aromatic heterocycles. The number of thiophene rings is 1. The van der Waals surface area contributed by atoms with E-state index in [2.05, 4.69) is 67.3 Å². The van der Waals surface area contributed by atoms with Crippen molar-refractivity contribution in [3.05, 3.63) is 21.9 Å². The smallest absolute Gasteiger partial charge is 0.191 e. The van der Waals surface area contributed by atoms with E-state index in [1.165, 1.54) is 9.75 Å². The molecule has 0 spiro atoms. The molecule has 1 unspecified atom stereocenters. The lowest BCUT2D eigenvalue weighted by atomic mass is 10.0. The fourth-order valence-corrected chi connectivity index (χ4v) is 4.02. The third-order valence-electron chi connectivity index (χ3n) is 4.79. The fraction of sp³-hybridized carbons (Fsp3) is 0.737. The minimum absolute atomic E-state index is 0.543. The second-order valence-corrected chi connectivity index (χ2v) is 8.61. The van der Waals surface area contributed by atoms with Crippen molar-refractivity contribution in [2.45, 2.75) is 40.3 Å². The average Bonchev–Trinajstić information content (AvgIpc) is 2.99. The molecule has 1 aliphatic rings. The van der Waals surface area contributed by atoms with Crippen LogP contribution in [0.4, 0.5) is 0 Å². The summed E-state index contributed by atoms with van der Waals surface area (Å²) in [5.74, 6) is 1.55. The highest BCUT2D eigenvalue weighted by Crippen LogP contribution is 2.16. The van der Waals surface area contributed by atoms with Gasteiger partial charge in [0.15, 0.2) is 5.96 Å². The van der Waals surface area contributed by atoms with Crippen molar-refractivity contribution in [3.63, 3.8) is 0 Å². The quantitative estimate of drug-likeness (QED) is 0.575. The SMILES string of the molecule is CCNC(=NCc1ccc(C)s1)NCC(C(C)C)N1CCN(C)CC1. The van der Waals surface area contributed by atoms with Crippen LogP contribution in [0.25, 0.3) is 0 Å². The summed E-state index contributed by atoms with van der Waals surface area (Å²) in [4.78, 5) is 12.5. The van der Waals surface area contributed by atoms with Gasteiger partial charge in [0.2, 0.25) is 0 Å². The second kappa shape index (κ2) is 10.1. The van der Waals surface area contributed by atoms with E-state index in [1.807, 2.05) is 11.3 Å². The number of nitrogens with zero attached hydrogens (tertiary/aromatic N) is 3. The average molecular weight is 366 g/mol. The number of aliphatic imine (C=N–C) groups is 1. The van der Waals surface area contributed by atoms with Crippen molar-refractivity contribution in [2.75, 3.05) is 46.3 Å². The van der Waals surface area contributed by atoms with E-state index >= 15 is 0 Å². The van der Waals surface area contributed by atoms with Gasteiger partial charge >= 0.3 is 0 Å². The van der Waals surface area contributed by atoms with Crippen LogP contribution < -0.4 is 10.6 Å². The maximum Gasteiger partial charge on any atom is 0.191 e. The van der Waals surface area contributed by atoms with Crippen molar-refractivity contribution in [3.8, 4) is 0 Å². The molecule has 142 valence electrons. The molecule has 1 atom stereocenters. The van der Waals surface area contributed by atoms with Crippen molar-refractivity contribution in [2.24, 2.45) is 10.9 Å². The Hall–Kier alpha value is -1.11. The Morgan fingerprint density at radius 3 is 2.48 bits per heavy atom. The molecular formula is C19H35N5S. The second-order valence-electron chi connectivity index (χ2n) is 7.24. The first-order valence-corrected chi connectivity index (χ1v) is 10.3. The van der Waals surface area contributed by atoms with Crippen LogP contribution in [-0.2, 0) is 6.54 Å². The molecule has 5 nitrogen and oxygen atoms in total. The normalized spacial score (nSPS) is 18.6. The Kier molecular flexibility index (Phi) is 8.19. The number of likely N-dealkylation sites (N-methyl/N-ethyl adjacent to an activating group) is 1. The van der Waals surface area contributed by atoms with Gasteiger partial charge in [-0.1, -0.05) is 13.8 Å². The first kappa shape index (κ1) is 20.2. The highest BCUT2D eigenvalue weighted by molar-refractivity contribution is 7.11. The van der Waals surface area contributed by atoms with Gasteiger partial charge in [-0.25, -0.2) is 4.99 Å². The van der Waals surface area contributed by atoms with E-state index < -0.39 is 0 Å². The summed E-state index contributed by atoms with van der Waals surface area (Å²) < 4.78 is 0. The summed E-state index contributed by atoms with van der Waals surface area (Å²) >= 11 is 1.82. The van der Waals surface area contributed by atoms with Crippen LogP contribution >= 0.6 is 11.3 Å². The summed E-state index contributed by atoms with van der Waals surface area (Å²) in [5, 5.41) is 6.96. The molecule has 0 saturated carbocycles. The van der Waals surface area contributed by atoms with E-state index in [0.717, 1.165) is 51.8 Å². The lowest BCUT2D eigenvalue weighted by Gasteiger charge is -2.40. The summed E-state index contributed by atoms with van der Waals surface area (Å²) in [6.45, 7) is 16.1. The summed E-state index contributed by atoms with van der Waals surface area (Å²) in [5.41, 5.74) is 0. The number of nitrogens with one attached hydrogen (secondary N) is 2. The van der Waals surface area contributed by atoms with E-state index in [1.54, 1.807) is 0 Å². The molecule has 0 amide bonds. The van der Waals surface area contributed by atoms with Gasteiger partial charge < -0.3 is 15.5 Å². The number of aryl methyl sites for hydroxylation is 1. The maximum absolute atomic E-state index is 4.76. The number of guanidine groups is 1. The molecule has 2 heterocycles. The van der Waals surface area contributed by atoms with Gasteiger partial charge in [-0.2, -0.15) is 0 Å². The van der Waals surface area contributed by atoms with Gasteiger partial charge in [0, 0.05) is 55.1 Å². The highest BCUT2D eigenvalue weighted by atomic mass is 32.1. The molecule has 0 radical (unpaired) electrons. The molecule has 0 aromatic carbocycles. The predicted molar refractivity (Wildman–Crippen MR) is 110 cm³/mol.